The predicted molar refractivity (Wildman–Crippen MR) is 97.5 cm³/mol. The van der Waals surface area contributed by atoms with Gasteiger partial charge in [-0.1, -0.05) is 12.1 Å². The second-order valence-corrected chi connectivity index (χ2v) is 7.01. The molecule has 0 aliphatic carbocycles. The lowest BCUT2D eigenvalue weighted by Crippen LogP contribution is -2.46. The maximum Gasteiger partial charge on any atom is 0.411 e. The summed E-state index contributed by atoms with van der Waals surface area (Å²) in [4.78, 5) is 30.6. The van der Waals surface area contributed by atoms with Crippen molar-refractivity contribution >= 4 is 17.8 Å². The Hall–Kier alpha value is -2.57. The molecule has 1 fully saturated rings. The average molecular weight is 362 g/mol. The smallest absolute Gasteiger partial charge is 0.411 e. The minimum atomic E-state index is -0.840. The first-order valence-corrected chi connectivity index (χ1v) is 8.48. The highest BCUT2D eigenvalue weighted by atomic mass is 16.6. The molecule has 0 N–H and O–H groups in total. The molecule has 7 nitrogen and oxygen atoms in total. The highest BCUT2D eigenvalue weighted by molar-refractivity contribution is 6.09. The first-order valence-electron chi connectivity index (χ1n) is 8.48. The third kappa shape index (κ3) is 4.97. The zero-order valence-electron chi connectivity index (χ0n) is 15.9. The van der Waals surface area contributed by atoms with Gasteiger partial charge >= 0.3 is 12.1 Å². The van der Waals surface area contributed by atoms with E-state index in [0.717, 1.165) is 11.3 Å². The van der Waals surface area contributed by atoms with E-state index in [4.69, 9.17) is 14.2 Å². The van der Waals surface area contributed by atoms with Gasteiger partial charge in [-0.05, 0) is 38.5 Å². The molecular weight excluding hydrogens is 336 g/mol. The normalized spacial score (nSPS) is 18.7. The van der Waals surface area contributed by atoms with E-state index in [1.807, 2.05) is 24.3 Å². The minimum absolute atomic E-state index is 0.371. The zero-order chi connectivity index (χ0) is 19.3. The molecule has 1 amide bonds. The van der Waals surface area contributed by atoms with E-state index in [0.29, 0.717) is 25.2 Å². The van der Waals surface area contributed by atoms with Crippen molar-refractivity contribution in [2.75, 3.05) is 20.8 Å². The first-order chi connectivity index (χ1) is 12.2. The molecular formula is C19H26N2O5. The Morgan fingerprint density at radius 2 is 1.85 bits per heavy atom. The van der Waals surface area contributed by atoms with Crippen molar-refractivity contribution in [1.82, 2.24) is 4.90 Å². The van der Waals surface area contributed by atoms with Gasteiger partial charge in [-0.2, -0.15) is 0 Å². The molecule has 1 atom stereocenters. The number of amides is 1. The van der Waals surface area contributed by atoms with Crippen LogP contribution in [0.25, 0.3) is 0 Å². The van der Waals surface area contributed by atoms with Gasteiger partial charge in [-0.15, -0.1) is 0 Å². The van der Waals surface area contributed by atoms with Crippen LogP contribution in [0.4, 0.5) is 4.79 Å². The molecule has 0 radical (unpaired) electrons. The lowest BCUT2D eigenvalue weighted by Gasteiger charge is -2.27. The molecule has 1 heterocycles. The number of esters is 1. The fourth-order valence-corrected chi connectivity index (χ4v) is 2.66. The van der Waals surface area contributed by atoms with Crippen LogP contribution < -0.4 is 4.74 Å². The van der Waals surface area contributed by atoms with Gasteiger partial charge < -0.3 is 14.2 Å². The van der Waals surface area contributed by atoms with E-state index in [1.54, 1.807) is 27.9 Å². The van der Waals surface area contributed by atoms with Crippen LogP contribution in [0.15, 0.2) is 29.3 Å². The Balaban J connectivity index is 2.16. The number of likely N-dealkylation sites (tertiary alicyclic amines) is 1. The van der Waals surface area contributed by atoms with Gasteiger partial charge in [0.2, 0.25) is 0 Å². The zero-order valence-corrected chi connectivity index (χ0v) is 15.9. The first kappa shape index (κ1) is 19.8. The van der Waals surface area contributed by atoms with Crippen LogP contribution in [0.1, 0.15) is 32.8 Å². The number of ether oxygens (including phenoxy) is 3. The van der Waals surface area contributed by atoms with Crippen molar-refractivity contribution in [2.45, 2.75) is 45.4 Å². The summed E-state index contributed by atoms with van der Waals surface area (Å²) in [7, 11) is 2.91. The molecule has 0 saturated carbocycles. The topological polar surface area (TPSA) is 77.4 Å². The minimum Gasteiger partial charge on any atom is -0.497 e. The summed E-state index contributed by atoms with van der Waals surface area (Å²) in [5.41, 5.74) is 0.969. The number of hydrogen-bond donors (Lipinski definition) is 0. The van der Waals surface area contributed by atoms with E-state index in [2.05, 4.69) is 4.99 Å². The van der Waals surface area contributed by atoms with Crippen molar-refractivity contribution in [1.29, 1.82) is 0 Å². The number of rotatable bonds is 4. The maximum absolute atomic E-state index is 12.4. The number of carbonyl (C=O) groups is 2. The summed E-state index contributed by atoms with van der Waals surface area (Å²) in [5.74, 6) is 0.257. The summed E-state index contributed by atoms with van der Waals surface area (Å²) >= 11 is 0. The van der Waals surface area contributed by atoms with E-state index in [9.17, 15) is 9.59 Å². The average Bonchev–Trinajstić information content (AvgIpc) is 3.02. The van der Waals surface area contributed by atoms with Crippen molar-refractivity contribution in [2.24, 2.45) is 4.99 Å². The van der Waals surface area contributed by atoms with Crippen molar-refractivity contribution in [3.8, 4) is 5.75 Å². The molecule has 1 aliphatic heterocycles. The predicted octanol–water partition coefficient (Wildman–Crippen LogP) is 2.82. The van der Waals surface area contributed by atoms with E-state index >= 15 is 0 Å². The molecule has 0 aromatic heterocycles. The number of benzene rings is 1. The number of methoxy groups -OCH3 is 2. The Kier molecular flexibility index (Phi) is 6.23. The molecule has 0 bridgehead atoms. The molecule has 2 rings (SSSR count). The quantitative estimate of drug-likeness (QED) is 0.770. The SMILES string of the molecule is COC(=O)C1/C(=N/Cc2ccc(OC)cc2)CCN1C(=O)OC(C)(C)C. The van der Waals surface area contributed by atoms with Crippen LogP contribution >= 0.6 is 0 Å². The van der Waals surface area contributed by atoms with Crippen LogP contribution in [0.5, 0.6) is 5.75 Å². The van der Waals surface area contributed by atoms with Crippen molar-refractivity contribution in [3.05, 3.63) is 29.8 Å². The van der Waals surface area contributed by atoms with Gasteiger partial charge in [0.15, 0.2) is 6.04 Å². The number of nitrogens with zero attached hydrogens (tertiary/aromatic N) is 2. The Morgan fingerprint density at radius 3 is 2.38 bits per heavy atom. The fraction of sp³-hybridized carbons (Fsp3) is 0.526. The molecule has 7 heteroatoms. The second-order valence-electron chi connectivity index (χ2n) is 7.01. The summed E-state index contributed by atoms with van der Waals surface area (Å²) in [5, 5.41) is 0. The maximum atomic E-state index is 12.4. The van der Waals surface area contributed by atoms with Gasteiger partial charge in [0, 0.05) is 18.7 Å². The van der Waals surface area contributed by atoms with Crippen LogP contribution in [0.2, 0.25) is 0 Å². The Labute approximate surface area is 153 Å². The van der Waals surface area contributed by atoms with Gasteiger partial charge in [0.1, 0.15) is 11.4 Å². The Morgan fingerprint density at radius 1 is 1.19 bits per heavy atom. The van der Waals surface area contributed by atoms with E-state index < -0.39 is 23.7 Å². The number of aliphatic imine (C=N–C) groups is 1. The number of carbonyl (C=O) groups excluding carboxylic acids is 2. The second kappa shape index (κ2) is 8.21. The third-order valence-corrected chi connectivity index (χ3v) is 3.91. The van der Waals surface area contributed by atoms with Gasteiger partial charge in [0.25, 0.3) is 0 Å². The monoisotopic (exact) mass is 362 g/mol. The van der Waals surface area contributed by atoms with Crippen molar-refractivity contribution in [3.63, 3.8) is 0 Å². The van der Waals surface area contributed by atoms with Gasteiger partial charge in [-0.25, -0.2) is 9.59 Å². The van der Waals surface area contributed by atoms with E-state index in [1.165, 1.54) is 12.0 Å². The molecule has 1 unspecified atom stereocenters. The highest BCUT2D eigenvalue weighted by Crippen LogP contribution is 2.21. The van der Waals surface area contributed by atoms with Crippen molar-refractivity contribution < 1.29 is 23.8 Å². The lowest BCUT2D eigenvalue weighted by atomic mass is 10.1. The molecule has 26 heavy (non-hydrogen) atoms. The van der Waals surface area contributed by atoms with Crippen LogP contribution in [-0.4, -0.2) is 55.1 Å². The molecule has 0 spiro atoms. The lowest BCUT2D eigenvalue weighted by molar-refractivity contribution is -0.143. The number of hydrogen-bond acceptors (Lipinski definition) is 6. The fourth-order valence-electron chi connectivity index (χ4n) is 2.66. The summed E-state index contributed by atoms with van der Waals surface area (Å²) in [6.45, 7) is 6.14. The van der Waals surface area contributed by atoms with Crippen LogP contribution in [0, 0.1) is 0 Å². The highest BCUT2D eigenvalue weighted by Gasteiger charge is 2.41. The largest absolute Gasteiger partial charge is 0.497 e. The third-order valence-electron chi connectivity index (χ3n) is 3.91. The summed E-state index contributed by atoms with van der Waals surface area (Å²) < 4.78 is 15.4. The molecule has 1 aliphatic rings. The summed E-state index contributed by atoms with van der Waals surface area (Å²) in [6, 6.07) is 6.70. The molecule has 142 valence electrons. The van der Waals surface area contributed by atoms with Crippen LogP contribution in [0.3, 0.4) is 0 Å². The van der Waals surface area contributed by atoms with Crippen LogP contribution in [-0.2, 0) is 20.8 Å². The molecule has 1 saturated heterocycles. The summed E-state index contributed by atoms with van der Waals surface area (Å²) in [6.07, 6.45) is -0.0302. The van der Waals surface area contributed by atoms with E-state index in [-0.39, 0.29) is 0 Å². The Bertz CT molecular complexity index is 676. The van der Waals surface area contributed by atoms with Gasteiger partial charge in [-0.3, -0.25) is 9.89 Å². The standard InChI is InChI=1S/C19H26N2O5/c1-19(2,3)26-18(23)21-11-10-15(16(21)17(22)25-5)20-12-13-6-8-14(24-4)9-7-13/h6-9,16H,10-12H2,1-5H3/b20-15+. The molecule has 1 aromatic carbocycles. The molecule has 1 aromatic rings. The van der Waals surface area contributed by atoms with Gasteiger partial charge in [0.05, 0.1) is 20.8 Å².